The maximum atomic E-state index is 5.85. The summed E-state index contributed by atoms with van der Waals surface area (Å²) in [5.41, 5.74) is 6.69. The third-order valence-corrected chi connectivity index (χ3v) is 3.11. The lowest BCUT2D eigenvalue weighted by molar-refractivity contribution is 0.227. The molecular weight excluding hydrogens is 282 g/mol. The van der Waals surface area contributed by atoms with Crippen LogP contribution in [0.5, 0.6) is 11.5 Å². The highest BCUT2D eigenvalue weighted by Gasteiger charge is 2.15. The molecule has 0 aliphatic rings. The van der Waals surface area contributed by atoms with Crippen molar-refractivity contribution in [2.24, 2.45) is 5.73 Å². The standard InChI is InChI=1S/C13H20BrNO2/c1-9(2)17-13-10(5-4-8-15)11(14)6-7-12(13)16-3/h6-7,9H,4-5,8,15H2,1-3H3. The second-order valence-corrected chi connectivity index (χ2v) is 4.97. The van der Waals surface area contributed by atoms with Gasteiger partial charge in [-0.2, -0.15) is 0 Å². The molecular formula is C13H20BrNO2. The summed E-state index contributed by atoms with van der Waals surface area (Å²) in [5.74, 6) is 1.60. The molecule has 1 aromatic rings. The lowest BCUT2D eigenvalue weighted by Gasteiger charge is -2.18. The van der Waals surface area contributed by atoms with Gasteiger partial charge >= 0.3 is 0 Å². The first-order chi connectivity index (χ1) is 8.10. The molecule has 0 radical (unpaired) electrons. The van der Waals surface area contributed by atoms with Gasteiger partial charge in [-0.15, -0.1) is 0 Å². The minimum atomic E-state index is 0.120. The summed E-state index contributed by atoms with van der Waals surface area (Å²) in [5, 5.41) is 0. The molecule has 0 saturated heterocycles. The summed E-state index contributed by atoms with van der Waals surface area (Å²) in [7, 11) is 1.66. The lowest BCUT2D eigenvalue weighted by Crippen LogP contribution is -2.10. The SMILES string of the molecule is COc1ccc(Br)c(CCCN)c1OC(C)C. The molecule has 0 unspecified atom stereocenters. The van der Waals surface area contributed by atoms with Crippen LogP contribution in [0.25, 0.3) is 0 Å². The van der Waals surface area contributed by atoms with Crippen molar-refractivity contribution in [1.82, 2.24) is 0 Å². The quantitative estimate of drug-likeness (QED) is 0.878. The van der Waals surface area contributed by atoms with Gasteiger partial charge in [0.1, 0.15) is 0 Å². The van der Waals surface area contributed by atoms with Crippen molar-refractivity contribution in [1.29, 1.82) is 0 Å². The molecule has 0 atom stereocenters. The molecule has 0 aromatic heterocycles. The van der Waals surface area contributed by atoms with E-state index in [4.69, 9.17) is 15.2 Å². The maximum Gasteiger partial charge on any atom is 0.165 e. The summed E-state index contributed by atoms with van der Waals surface area (Å²) >= 11 is 3.55. The number of hydrogen-bond donors (Lipinski definition) is 1. The highest BCUT2D eigenvalue weighted by molar-refractivity contribution is 9.10. The second-order valence-electron chi connectivity index (χ2n) is 4.12. The first-order valence-corrected chi connectivity index (χ1v) is 6.61. The summed E-state index contributed by atoms with van der Waals surface area (Å²) in [6.07, 6.45) is 1.94. The Bertz CT molecular complexity index is 367. The third-order valence-electron chi connectivity index (χ3n) is 2.37. The van der Waals surface area contributed by atoms with Gasteiger partial charge in [0.2, 0.25) is 0 Å². The van der Waals surface area contributed by atoms with Crippen molar-refractivity contribution in [3.8, 4) is 11.5 Å². The first-order valence-electron chi connectivity index (χ1n) is 5.82. The van der Waals surface area contributed by atoms with Crippen molar-refractivity contribution >= 4 is 15.9 Å². The van der Waals surface area contributed by atoms with E-state index < -0.39 is 0 Å². The van der Waals surface area contributed by atoms with Gasteiger partial charge in [0, 0.05) is 10.0 Å². The largest absolute Gasteiger partial charge is 0.493 e. The number of hydrogen-bond acceptors (Lipinski definition) is 3. The average Bonchev–Trinajstić information content (AvgIpc) is 2.28. The highest BCUT2D eigenvalue weighted by Crippen LogP contribution is 2.37. The molecule has 4 heteroatoms. The van der Waals surface area contributed by atoms with Crippen LogP contribution in [0.1, 0.15) is 25.8 Å². The Hall–Kier alpha value is -0.740. The number of nitrogens with two attached hydrogens (primary N) is 1. The average molecular weight is 302 g/mol. The van der Waals surface area contributed by atoms with Crippen LogP contribution in [0.15, 0.2) is 16.6 Å². The molecule has 0 fully saturated rings. The Labute approximate surface area is 111 Å². The number of methoxy groups -OCH3 is 1. The van der Waals surface area contributed by atoms with Gasteiger partial charge in [0.15, 0.2) is 11.5 Å². The summed E-state index contributed by atoms with van der Waals surface area (Å²) in [6, 6.07) is 3.89. The predicted octanol–water partition coefficient (Wildman–Crippen LogP) is 3.14. The molecule has 17 heavy (non-hydrogen) atoms. The fraction of sp³-hybridized carbons (Fsp3) is 0.538. The van der Waals surface area contributed by atoms with Gasteiger partial charge in [0.05, 0.1) is 13.2 Å². The van der Waals surface area contributed by atoms with Crippen LogP contribution in [-0.4, -0.2) is 19.8 Å². The van der Waals surface area contributed by atoms with E-state index >= 15 is 0 Å². The Kier molecular flexibility index (Phi) is 5.78. The Morgan fingerprint density at radius 1 is 1.35 bits per heavy atom. The van der Waals surface area contributed by atoms with E-state index in [2.05, 4.69) is 15.9 Å². The molecule has 0 heterocycles. The molecule has 0 aliphatic heterocycles. The molecule has 1 aromatic carbocycles. The molecule has 0 aliphatic carbocycles. The van der Waals surface area contributed by atoms with Crippen molar-refractivity contribution in [2.45, 2.75) is 32.8 Å². The van der Waals surface area contributed by atoms with E-state index in [0.29, 0.717) is 6.54 Å². The minimum absolute atomic E-state index is 0.120. The van der Waals surface area contributed by atoms with Gasteiger partial charge in [0.25, 0.3) is 0 Å². The van der Waals surface area contributed by atoms with E-state index in [-0.39, 0.29) is 6.10 Å². The summed E-state index contributed by atoms with van der Waals surface area (Å²) < 4.78 is 12.2. The van der Waals surface area contributed by atoms with Crippen molar-refractivity contribution in [3.63, 3.8) is 0 Å². The number of halogens is 1. The lowest BCUT2D eigenvalue weighted by atomic mass is 10.1. The molecule has 0 amide bonds. The second kappa shape index (κ2) is 6.87. The number of rotatable bonds is 6. The van der Waals surface area contributed by atoms with Crippen LogP contribution < -0.4 is 15.2 Å². The van der Waals surface area contributed by atoms with E-state index in [1.807, 2.05) is 26.0 Å². The molecule has 2 N–H and O–H groups in total. The van der Waals surface area contributed by atoms with Gasteiger partial charge in [-0.25, -0.2) is 0 Å². The van der Waals surface area contributed by atoms with E-state index in [0.717, 1.165) is 34.4 Å². The van der Waals surface area contributed by atoms with Crippen LogP contribution in [0.2, 0.25) is 0 Å². The fourth-order valence-corrected chi connectivity index (χ4v) is 2.13. The zero-order valence-corrected chi connectivity index (χ0v) is 12.2. The Balaban J connectivity index is 3.11. The van der Waals surface area contributed by atoms with Crippen LogP contribution in [-0.2, 0) is 6.42 Å². The van der Waals surface area contributed by atoms with Crippen molar-refractivity contribution in [3.05, 3.63) is 22.2 Å². The molecule has 96 valence electrons. The normalized spacial score (nSPS) is 10.7. The fourth-order valence-electron chi connectivity index (χ4n) is 1.62. The smallest absolute Gasteiger partial charge is 0.165 e. The number of benzene rings is 1. The van der Waals surface area contributed by atoms with Crippen LogP contribution in [0.4, 0.5) is 0 Å². The van der Waals surface area contributed by atoms with Crippen LogP contribution in [0, 0.1) is 0 Å². The topological polar surface area (TPSA) is 44.5 Å². The zero-order valence-electron chi connectivity index (χ0n) is 10.6. The Morgan fingerprint density at radius 2 is 2.06 bits per heavy atom. The van der Waals surface area contributed by atoms with E-state index in [1.165, 1.54) is 0 Å². The van der Waals surface area contributed by atoms with Gasteiger partial charge < -0.3 is 15.2 Å². The summed E-state index contributed by atoms with van der Waals surface area (Å²) in [6.45, 7) is 4.69. The molecule has 0 bridgehead atoms. The van der Waals surface area contributed by atoms with Crippen LogP contribution in [0.3, 0.4) is 0 Å². The maximum absolute atomic E-state index is 5.85. The number of ether oxygens (including phenoxy) is 2. The third kappa shape index (κ3) is 3.89. The Morgan fingerprint density at radius 3 is 2.59 bits per heavy atom. The zero-order chi connectivity index (χ0) is 12.8. The molecule has 0 spiro atoms. The minimum Gasteiger partial charge on any atom is -0.493 e. The monoisotopic (exact) mass is 301 g/mol. The van der Waals surface area contributed by atoms with Gasteiger partial charge in [-0.3, -0.25) is 0 Å². The van der Waals surface area contributed by atoms with E-state index in [9.17, 15) is 0 Å². The predicted molar refractivity (Wildman–Crippen MR) is 73.8 cm³/mol. The highest BCUT2D eigenvalue weighted by atomic mass is 79.9. The van der Waals surface area contributed by atoms with Crippen LogP contribution >= 0.6 is 15.9 Å². The van der Waals surface area contributed by atoms with Crippen molar-refractivity contribution < 1.29 is 9.47 Å². The molecule has 3 nitrogen and oxygen atoms in total. The van der Waals surface area contributed by atoms with Crippen molar-refractivity contribution in [2.75, 3.05) is 13.7 Å². The first kappa shape index (κ1) is 14.3. The van der Waals surface area contributed by atoms with Gasteiger partial charge in [-0.05, 0) is 45.4 Å². The summed E-state index contributed by atoms with van der Waals surface area (Å²) in [4.78, 5) is 0. The van der Waals surface area contributed by atoms with E-state index in [1.54, 1.807) is 7.11 Å². The van der Waals surface area contributed by atoms with Gasteiger partial charge in [-0.1, -0.05) is 15.9 Å². The molecule has 0 saturated carbocycles. The molecule has 1 rings (SSSR count).